The maximum atomic E-state index is 16.9. The molecule has 5 nitrogen and oxygen atoms in total. The molecule has 0 N–H and O–H groups in total. The zero-order valence-electron chi connectivity index (χ0n) is 29.8. The smallest absolute Gasteiger partial charge is 0.150 e. The third-order valence-electron chi connectivity index (χ3n) is 11.5. The van der Waals surface area contributed by atoms with E-state index in [0.717, 1.165) is 66.3 Å². The third-order valence-corrected chi connectivity index (χ3v) is 11.5. The first kappa shape index (κ1) is 30.8. The van der Waals surface area contributed by atoms with Crippen molar-refractivity contribution in [3.05, 3.63) is 186 Å². The van der Waals surface area contributed by atoms with Gasteiger partial charge in [0, 0.05) is 56.9 Å². The Hall–Kier alpha value is -6.79. The highest BCUT2D eigenvalue weighted by Crippen LogP contribution is 2.55. The molecule has 0 saturated heterocycles. The van der Waals surface area contributed by atoms with Crippen LogP contribution in [0.2, 0.25) is 0 Å². The summed E-state index contributed by atoms with van der Waals surface area (Å²) in [6.07, 6.45) is 4.27. The van der Waals surface area contributed by atoms with E-state index in [0.29, 0.717) is 11.1 Å². The molecule has 1 aliphatic heterocycles. The zero-order valence-corrected chi connectivity index (χ0v) is 29.8. The lowest BCUT2D eigenvalue weighted by Gasteiger charge is -2.42. The van der Waals surface area contributed by atoms with Crippen molar-refractivity contribution >= 4 is 66.3 Å². The van der Waals surface area contributed by atoms with Crippen molar-refractivity contribution in [2.24, 2.45) is 0 Å². The molecule has 11 rings (SSSR count). The van der Waals surface area contributed by atoms with Crippen LogP contribution in [-0.2, 0) is 5.41 Å². The second-order valence-electron chi connectivity index (χ2n) is 14.8. The number of para-hydroxylation sites is 3. The van der Waals surface area contributed by atoms with Crippen molar-refractivity contribution in [2.45, 2.75) is 25.4 Å². The number of imidazole rings is 1. The van der Waals surface area contributed by atoms with E-state index in [1.165, 1.54) is 16.8 Å². The fraction of sp³-hybridized carbons (Fsp3) is 0.0833. The predicted molar refractivity (Wildman–Crippen MR) is 219 cm³/mol. The Kier molecular flexibility index (Phi) is 6.48. The standard InChI is InChI=1S/C48H34FN5/c1-48(2)38-18-7-9-20-40(38)53(32-13-4-3-5-14-32)42-24-23-41-43(44(42)48)36-17-11-25-50-47(36)54(41)33-15-10-12-30(28-33)45(49)31-21-22-34-35-16-6-8-19-39(35)52-27-26-51-46(52)37(34)29-31/h3-29,45H,1-2H3. The first-order valence-corrected chi connectivity index (χ1v) is 18.4. The molecule has 0 amide bonds. The quantitative estimate of drug-likeness (QED) is 0.172. The Morgan fingerprint density at radius 1 is 0.556 bits per heavy atom. The third kappa shape index (κ3) is 4.25. The summed E-state index contributed by atoms with van der Waals surface area (Å²) in [4.78, 5) is 12.0. The van der Waals surface area contributed by atoms with Gasteiger partial charge in [-0.2, -0.15) is 0 Å². The van der Waals surface area contributed by atoms with Crippen LogP contribution in [0.4, 0.5) is 21.5 Å². The van der Waals surface area contributed by atoms with Gasteiger partial charge in [-0.1, -0.05) is 92.7 Å². The van der Waals surface area contributed by atoms with Gasteiger partial charge in [-0.15, -0.1) is 0 Å². The van der Waals surface area contributed by atoms with Gasteiger partial charge in [0.2, 0.25) is 0 Å². The normalized spacial score (nSPS) is 14.2. The highest BCUT2D eigenvalue weighted by Gasteiger charge is 2.39. The first-order chi connectivity index (χ1) is 26.5. The van der Waals surface area contributed by atoms with Gasteiger partial charge < -0.3 is 4.90 Å². The molecule has 0 spiro atoms. The number of hydrogen-bond acceptors (Lipinski definition) is 3. The number of anilines is 3. The van der Waals surface area contributed by atoms with Crippen LogP contribution in [0.1, 0.15) is 42.3 Å². The number of benzene rings is 6. The molecule has 1 atom stereocenters. The van der Waals surface area contributed by atoms with Gasteiger partial charge in [0.15, 0.2) is 6.17 Å². The Bertz CT molecular complexity index is 3120. The van der Waals surface area contributed by atoms with Crippen molar-refractivity contribution in [1.82, 2.24) is 18.9 Å². The SMILES string of the molecule is CC1(C)c2ccccc2N(c2ccccc2)c2ccc3c(c21)c1cccnc1n3-c1cccc(C(F)c2ccc3c4ccccc4n4ccnc4c3c2)c1. The van der Waals surface area contributed by atoms with E-state index >= 15 is 4.39 Å². The minimum Gasteiger partial charge on any atom is -0.310 e. The number of fused-ring (bicyclic) bond motifs is 12. The van der Waals surface area contributed by atoms with Gasteiger partial charge in [-0.05, 0) is 94.4 Å². The number of alkyl halides is 1. The van der Waals surface area contributed by atoms with Crippen molar-refractivity contribution in [2.75, 3.05) is 4.90 Å². The Labute approximate surface area is 311 Å². The maximum Gasteiger partial charge on any atom is 0.150 e. The van der Waals surface area contributed by atoms with E-state index in [2.05, 4.69) is 124 Å². The minimum absolute atomic E-state index is 0.320. The predicted octanol–water partition coefficient (Wildman–Crippen LogP) is 12.3. The fourth-order valence-corrected chi connectivity index (χ4v) is 9.08. The lowest BCUT2D eigenvalue weighted by Crippen LogP contribution is -2.30. The number of halogens is 1. The molecular weight excluding hydrogens is 666 g/mol. The average molecular weight is 700 g/mol. The van der Waals surface area contributed by atoms with Crippen molar-refractivity contribution in [1.29, 1.82) is 0 Å². The number of hydrogen-bond donors (Lipinski definition) is 0. The number of pyridine rings is 2. The van der Waals surface area contributed by atoms with Crippen LogP contribution in [0.15, 0.2) is 164 Å². The second-order valence-corrected chi connectivity index (χ2v) is 14.8. The molecule has 6 aromatic carbocycles. The van der Waals surface area contributed by atoms with Gasteiger partial charge >= 0.3 is 0 Å². The summed E-state index contributed by atoms with van der Waals surface area (Å²) in [5.74, 6) is 0. The lowest BCUT2D eigenvalue weighted by molar-refractivity contribution is 0.402. The Morgan fingerprint density at radius 2 is 1.31 bits per heavy atom. The number of nitrogens with zero attached hydrogens (tertiary/aromatic N) is 5. The molecule has 6 heteroatoms. The van der Waals surface area contributed by atoms with Gasteiger partial charge in [0.25, 0.3) is 0 Å². The van der Waals surface area contributed by atoms with Crippen LogP contribution in [0, 0.1) is 0 Å². The van der Waals surface area contributed by atoms with E-state index in [9.17, 15) is 0 Å². The van der Waals surface area contributed by atoms with Crippen LogP contribution in [0.5, 0.6) is 0 Å². The lowest BCUT2D eigenvalue weighted by atomic mass is 9.72. The molecule has 258 valence electrons. The molecule has 4 aromatic heterocycles. The largest absolute Gasteiger partial charge is 0.310 e. The molecule has 0 radical (unpaired) electrons. The molecule has 0 fully saturated rings. The topological polar surface area (TPSA) is 38.4 Å². The molecule has 10 aromatic rings. The summed E-state index contributed by atoms with van der Waals surface area (Å²) in [5.41, 5.74) is 11.4. The summed E-state index contributed by atoms with van der Waals surface area (Å²) in [5, 5.41) is 5.33. The summed E-state index contributed by atoms with van der Waals surface area (Å²) < 4.78 is 21.2. The summed E-state index contributed by atoms with van der Waals surface area (Å²) >= 11 is 0. The van der Waals surface area contributed by atoms with E-state index in [-0.39, 0.29) is 5.41 Å². The minimum atomic E-state index is -1.35. The van der Waals surface area contributed by atoms with E-state index < -0.39 is 6.17 Å². The number of aromatic nitrogens is 4. The van der Waals surface area contributed by atoms with Crippen LogP contribution < -0.4 is 4.90 Å². The van der Waals surface area contributed by atoms with Crippen LogP contribution >= 0.6 is 0 Å². The van der Waals surface area contributed by atoms with Crippen LogP contribution in [0.3, 0.4) is 0 Å². The van der Waals surface area contributed by atoms with Crippen LogP contribution in [-0.4, -0.2) is 18.9 Å². The highest BCUT2D eigenvalue weighted by atomic mass is 19.1. The molecule has 0 saturated carbocycles. The molecular formula is C48H34FN5. The monoisotopic (exact) mass is 699 g/mol. The molecule has 0 aliphatic carbocycles. The van der Waals surface area contributed by atoms with Crippen LogP contribution in [0.25, 0.3) is 54.9 Å². The van der Waals surface area contributed by atoms with Gasteiger partial charge in [0.1, 0.15) is 11.3 Å². The fourth-order valence-electron chi connectivity index (χ4n) is 9.08. The Balaban J connectivity index is 1.10. The summed E-state index contributed by atoms with van der Waals surface area (Å²) in [6.45, 7) is 4.65. The van der Waals surface area contributed by atoms with E-state index in [1.807, 2.05) is 67.0 Å². The summed E-state index contributed by atoms with van der Waals surface area (Å²) in [6, 6.07) is 50.0. The molecule has 54 heavy (non-hydrogen) atoms. The molecule has 0 bridgehead atoms. The van der Waals surface area contributed by atoms with Crippen molar-refractivity contribution in [3.8, 4) is 5.69 Å². The maximum absolute atomic E-state index is 16.9. The van der Waals surface area contributed by atoms with Crippen molar-refractivity contribution < 1.29 is 4.39 Å². The zero-order chi connectivity index (χ0) is 36.1. The van der Waals surface area contributed by atoms with Gasteiger partial charge in [0.05, 0.1) is 22.4 Å². The Morgan fingerprint density at radius 3 is 2.22 bits per heavy atom. The van der Waals surface area contributed by atoms with Crippen molar-refractivity contribution in [3.63, 3.8) is 0 Å². The van der Waals surface area contributed by atoms with Gasteiger partial charge in [-0.3, -0.25) is 8.97 Å². The van der Waals surface area contributed by atoms with E-state index in [4.69, 9.17) is 4.98 Å². The first-order valence-electron chi connectivity index (χ1n) is 18.4. The van der Waals surface area contributed by atoms with E-state index in [1.54, 1.807) is 6.20 Å². The molecule has 5 heterocycles. The number of rotatable bonds is 4. The summed E-state index contributed by atoms with van der Waals surface area (Å²) in [7, 11) is 0. The molecule has 1 aliphatic rings. The average Bonchev–Trinajstić information content (AvgIpc) is 3.85. The van der Waals surface area contributed by atoms with Gasteiger partial charge in [-0.25, -0.2) is 14.4 Å². The molecule has 1 unspecified atom stereocenters. The second kappa shape index (κ2) is 11.4. The highest BCUT2D eigenvalue weighted by molar-refractivity contribution is 6.14.